The van der Waals surface area contributed by atoms with Crippen molar-refractivity contribution in [2.75, 3.05) is 13.2 Å². The van der Waals surface area contributed by atoms with Crippen molar-refractivity contribution >= 4 is 16.3 Å². The summed E-state index contributed by atoms with van der Waals surface area (Å²) in [6, 6.07) is 5.89. The Morgan fingerprint density at radius 2 is 1.95 bits per heavy atom. The van der Waals surface area contributed by atoms with Gasteiger partial charge in [0.25, 0.3) is 0 Å². The molecule has 0 atom stereocenters. The average Bonchev–Trinajstić information content (AvgIpc) is 3.06. The number of nitrogens with zero attached hydrogens (tertiary/aromatic N) is 4. The molecule has 6 nitrogen and oxygen atoms in total. The Morgan fingerprint density at radius 1 is 1.14 bits per heavy atom. The first kappa shape index (κ1) is 12.6. The van der Waals surface area contributed by atoms with E-state index in [4.69, 9.17) is 9.47 Å². The first-order valence-corrected chi connectivity index (χ1v) is 7.66. The first-order valence-electron chi connectivity index (χ1n) is 6.84. The van der Waals surface area contributed by atoms with Crippen molar-refractivity contribution in [1.29, 1.82) is 0 Å². The summed E-state index contributed by atoms with van der Waals surface area (Å²) in [5.41, 5.74) is 1.00. The van der Waals surface area contributed by atoms with Crippen molar-refractivity contribution in [3.05, 3.63) is 24.0 Å². The van der Waals surface area contributed by atoms with Crippen LogP contribution in [0.5, 0.6) is 11.5 Å². The Kier molecular flexibility index (Phi) is 2.81. The van der Waals surface area contributed by atoms with Crippen LogP contribution in [0, 0.1) is 0 Å². The monoisotopic (exact) mass is 302 g/mol. The van der Waals surface area contributed by atoms with Gasteiger partial charge in [-0.15, -0.1) is 10.2 Å². The molecule has 0 bridgehead atoms. The van der Waals surface area contributed by atoms with E-state index in [1.165, 1.54) is 11.3 Å². The second-order valence-electron chi connectivity index (χ2n) is 5.17. The van der Waals surface area contributed by atoms with E-state index in [1.54, 1.807) is 0 Å². The van der Waals surface area contributed by atoms with Gasteiger partial charge in [0.15, 0.2) is 17.3 Å². The molecule has 108 valence electrons. The zero-order valence-electron chi connectivity index (χ0n) is 11.7. The maximum Gasteiger partial charge on any atom is 0.234 e. The lowest BCUT2D eigenvalue weighted by molar-refractivity contribution is 0.171. The molecule has 2 aromatic heterocycles. The molecule has 0 saturated heterocycles. The Balaban J connectivity index is 1.79. The van der Waals surface area contributed by atoms with E-state index in [0.717, 1.165) is 32.9 Å². The van der Waals surface area contributed by atoms with Gasteiger partial charge in [0.05, 0.1) is 0 Å². The van der Waals surface area contributed by atoms with Gasteiger partial charge in [-0.3, -0.25) is 0 Å². The molecule has 0 unspecified atom stereocenters. The van der Waals surface area contributed by atoms with E-state index < -0.39 is 0 Å². The third kappa shape index (κ3) is 2.04. The Hall–Kier alpha value is -2.15. The van der Waals surface area contributed by atoms with Crippen LogP contribution in [0.3, 0.4) is 0 Å². The lowest BCUT2D eigenvalue weighted by Gasteiger charge is -2.18. The molecule has 7 heteroatoms. The molecule has 0 saturated carbocycles. The highest BCUT2D eigenvalue weighted by Gasteiger charge is 2.17. The highest BCUT2D eigenvalue weighted by molar-refractivity contribution is 7.19. The van der Waals surface area contributed by atoms with Gasteiger partial charge in [-0.05, 0) is 18.2 Å². The molecule has 1 aromatic carbocycles. The van der Waals surface area contributed by atoms with Crippen LogP contribution >= 0.6 is 11.3 Å². The van der Waals surface area contributed by atoms with Gasteiger partial charge in [0, 0.05) is 11.5 Å². The van der Waals surface area contributed by atoms with Gasteiger partial charge in [0.2, 0.25) is 4.96 Å². The molecule has 0 aliphatic carbocycles. The van der Waals surface area contributed by atoms with Gasteiger partial charge in [-0.1, -0.05) is 25.2 Å². The molecule has 1 aliphatic rings. The minimum absolute atomic E-state index is 0.287. The molecule has 3 heterocycles. The fourth-order valence-corrected chi connectivity index (χ4v) is 3.13. The lowest BCUT2D eigenvalue weighted by Crippen LogP contribution is -2.15. The number of aromatic nitrogens is 4. The summed E-state index contributed by atoms with van der Waals surface area (Å²) in [7, 11) is 0. The number of fused-ring (bicyclic) bond motifs is 2. The van der Waals surface area contributed by atoms with Crippen LogP contribution in [0.4, 0.5) is 0 Å². The zero-order valence-corrected chi connectivity index (χ0v) is 12.6. The second-order valence-corrected chi connectivity index (χ2v) is 6.13. The molecule has 1 aliphatic heterocycles. The summed E-state index contributed by atoms with van der Waals surface area (Å²) in [5.74, 6) is 2.73. The number of benzene rings is 1. The number of ether oxygens (including phenoxy) is 2. The van der Waals surface area contributed by atoms with E-state index in [2.05, 4.69) is 29.1 Å². The smallest absolute Gasteiger partial charge is 0.234 e. The van der Waals surface area contributed by atoms with Gasteiger partial charge >= 0.3 is 0 Å². The second kappa shape index (κ2) is 4.70. The van der Waals surface area contributed by atoms with Crippen LogP contribution in [0.2, 0.25) is 0 Å². The summed E-state index contributed by atoms with van der Waals surface area (Å²) >= 11 is 1.52. The van der Waals surface area contributed by atoms with Crippen molar-refractivity contribution in [3.63, 3.8) is 0 Å². The van der Waals surface area contributed by atoms with E-state index in [0.29, 0.717) is 13.2 Å². The van der Waals surface area contributed by atoms with Crippen molar-refractivity contribution in [1.82, 2.24) is 19.8 Å². The van der Waals surface area contributed by atoms with Gasteiger partial charge in [-0.2, -0.15) is 9.61 Å². The number of hydrogen-bond donors (Lipinski definition) is 0. The zero-order chi connectivity index (χ0) is 14.4. The molecule has 0 radical (unpaired) electrons. The van der Waals surface area contributed by atoms with Crippen LogP contribution in [0.15, 0.2) is 18.2 Å². The van der Waals surface area contributed by atoms with Crippen LogP contribution in [0.1, 0.15) is 25.6 Å². The normalized spacial score (nSPS) is 14.0. The van der Waals surface area contributed by atoms with Gasteiger partial charge in [0.1, 0.15) is 18.2 Å². The summed E-state index contributed by atoms with van der Waals surface area (Å²) in [6.45, 7) is 5.35. The Bertz CT molecular complexity index is 809. The largest absolute Gasteiger partial charge is 0.486 e. The van der Waals surface area contributed by atoms with E-state index in [9.17, 15) is 0 Å². The standard InChI is InChI=1S/C14H14N4O2S/c1-8(2)12-15-16-14-18(12)17-13(21-14)9-3-4-10-11(7-9)20-6-5-19-10/h3-4,7-8H,5-6H2,1-2H3. The van der Waals surface area contributed by atoms with E-state index >= 15 is 0 Å². The minimum atomic E-state index is 0.287. The highest BCUT2D eigenvalue weighted by Crippen LogP contribution is 2.36. The van der Waals surface area contributed by atoms with Crippen molar-refractivity contribution in [2.45, 2.75) is 19.8 Å². The molecule has 0 fully saturated rings. The number of hydrogen-bond acceptors (Lipinski definition) is 6. The van der Waals surface area contributed by atoms with E-state index in [-0.39, 0.29) is 5.92 Å². The molecular weight excluding hydrogens is 288 g/mol. The average molecular weight is 302 g/mol. The van der Waals surface area contributed by atoms with Crippen molar-refractivity contribution in [3.8, 4) is 22.1 Å². The molecule has 0 spiro atoms. The summed E-state index contributed by atoms with van der Waals surface area (Å²) < 4.78 is 13.0. The summed E-state index contributed by atoms with van der Waals surface area (Å²) in [6.07, 6.45) is 0. The minimum Gasteiger partial charge on any atom is -0.486 e. The third-order valence-electron chi connectivity index (χ3n) is 3.32. The van der Waals surface area contributed by atoms with Crippen molar-refractivity contribution < 1.29 is 9.47 Å². The number of rotatable bonds is 2. The summed E-state index contributed by atoms with van der Waals surface area (Å²) in [5, 5.41) is 13.9. The predicted molar refractivity (Wildman–Crippen MR) is 79.2 cm³/mol. The van der Waals surface area contributed by atoms with Crippen LogP contribution in [0.25, 0.3) is 15.5 Å². The van der Waals surface area contributed by atoms with Crippen LogP contribution in [-0.2, 0) is 0 Å². The third-order valence-corrected chi connectivity index (χ3v) is 4.27. The quantitative estimate of drug-likeness (QED) is 0.728. The molecule has 4 rings (SSSR count). The molecule has 21 heavy (non-hydrogen) atoms. The Morgan fingerprint density at radius 3 is 2.76 bits per heavy atom. The molecule has 0 N–H and O–H groups in total. The molecular formula is C14H14N4O2S. The SMILES string of the molecule is CC(C)c1nnc2sc(-c3ccc4c(c3)OCCO4)nn12. The molecule has 0 amide bonds. The predicted octanol–water partition coefficient (Wildman–Crippen LogP) is 2.75. The maximum absolute atomic E-state index is 5.62. The van der Waals surface area contributed by atoms with E-state index in [1.807, 2.05) is 22.7 Å². The fourth-order valence-electron chi connectivity index (χ4n) is 2.29. The van der Waals surface area contributed by atoms with Gasteiger partial charge < -0.3 is 9.47 Å². The fraction of sp³-hybridized carbons (Fsp3) is 0.357. The van der Waals surface area contributed by atoms with Crippen molar-refractivity contribution in [2.24, 2.45) is 0 Å². The van der Waals surface area contributed by atoms with Crippen LogP contribution < -0.4 is 9.47 Å². The first-order chi connectivity index (χ1) is 10.2. The lowest BCUT2D eigenvalue weighted by atomic mass is 10.2. The topological polar surface area (TPSA) is 61.5 Å². The maximum atomic E-state index is 5.62. The summed E-state index contributed by atoms with van der Waals surface area (Å²) in [4.78, 5) is 0.809. The van der Waals surface area contributed by atoms with Crippen LogP contribution in [-0.4, -0.2) is 33.0 Å². The van der Waals surface area contributed by atoms with Gasteiger partial charge in [-0.25, -0.2) is 0 Å². The highest BCUT2D eigenvalue weighted by atomic mass is 32.1. The Labute approximate surface area is 125 Å². The molecule has 3 aromatic rings.